The maximum atomic E-state index is 9.58. The molecule has 0 radical (unpaired) electrons. The first kappa shape index (κ1) is 13.7. The summed E-state index contributed by atoms with van der Waals surface area (Å²) < 4.78 is 11.8. The van der Waals surface area contributed by atoms with E-state index in [0.717, 1.165) is 9.32 Å². The van der Waals surface area contributed by atoms with Gasteiger partial charge < -0.3 is 14.6 Å². The van der Waals surface area contributed by atoms with Crippen LogP contribution in [-0.2, 0) is 4.74 Å². The Labute approximate surface area is 110 Å². The normalized spacial score (nSPS) is 12.8. The van der Waals surface area contributed by atoms with Crippen molar-refractivity contribution in [2.24, 2.45) is 0 Å². The number of hydrogen-bond acceptors (Lipinski definition) is 3. The Kier molecular flexibility index (Phi) is 6.08. The van der Waals surface area contributed by atoms with Crippen molar-refractivity contribution in [2.75, 3.05) is 13.2 Å². The van der Waals surface area contributed by atoms with E-state index in [1.165, 1.54) is 0 Å². The predicted octanol–water partition coefficient (Wildman–Crippen LogP) is 2.46. The van der Waals surface area contributed by atoms with Crippen LogP contribution < -0.4 is 4.74 Å². The van der Waals surface area contributed by atoms with Crippen LogP contribution in [0.4, 0.5) is 0 Å². The van der Waals surface area contributed by atoms with E-state index >= 15 is 0 Å². The zero-order valence-corrected chi connectivity index (χ0v) is 11.7. The van der Waals surface area contributed by atoms with Gasteiger partial charge in [0, 0.05) is 3.57 Å². The predicted molar refractivity (Wildman–Crippen MR) is 71.7 cm³/mol. The molecular formula is C12H17IO3. The third-order valence-corrected chi connectivity index (χ3v) is 2.53. The molecule has 1 unspecified atom stereocenters. The number of aliphatic hydroxyl groups is 1. The highest BCUT2D eigenvalue weighted by Crippen LogP contribution is 2.14. The summed E-state index contributed by atoms with van der Waals surface area (Å²) in [6.45, 7) is 4.44. The Balaban J connectivity index is 2.28. The maximum Gasteiger partial charge on any atom is 0.120 e. The highest BCUT2D eigenvalue weighted by atomic mass is 127. The monoisotopic (exact) mass is 336 g/mol. The van der Waals surface area contributed by atoms with E-state index in [1.807, 2.05) is 38.1 Å². The van der Waals surface area contributed by atoms with E-state index in [9.17, 15) is 5.11 Å². The lowest BCUT2D eigenvalue weighted by atomic mass is 10.3. The lowest BCUT2D eigenvalue weighted by molar-refractivity contribution is -0.0122. The molecule has 1 atom stereocenters. The average Bonchev–Trinajstić information content (AvgIpc) is 2.23. The highest BCUT2D eigenvalue weighted by molar-refractivity contribution is 14.1. The van der Waals surface area contributed by atoms with Crippen LogP contribution in [-0.4, -0.2) is 30.5 Å². The summed E-state index contributed by atoms with van der Waals surface area (Å²) in [4.78, 5) is 0. The number of ether oxygens (including phenoxy) is 2. The molecule has 0 aliphatic carbocycles. The molecule has 1 aromatic rings. The van der Waals surface area contributed by atoms with Gasteiger partial charge in [0.1, 0.15) is 18.5 Å². The van der Waals surface area contributed by atoms with Crippen LogP contribution in [0.15, 0.2) is 24.3 Å². The van der Waals surface area contributed by atoms with Gasteiger partial charge in [-0.1, -0.05) is 6.07 Å². The second-order valence-electron chi connectivity index (χ2n) is 3.80. The fraction of sp³-hybridized carbons (Fsp3) is 0.500. The molecule has 0 fully saturated rings. The molecule has 0 amide bonds. The van der Waals surface area contributed by atoms with Crippen molar-refractivity contribution in [1.29, 1.82) is 0 Å². The highest BCUT2D eigenvalue weighted by Gasteiger charge is 2.06. The molecular weight excluding hydrogens is 319 g/mol. The van der Waals surface area contributed by atoms with E-state index in [0.29, 0.717) is 6.61 Å². The van der Waals surface area contributed by atoms with Crippen LogP contribution in [0, 0.1) is 3.57 Å². The summed E-state index contributed by atoms with van der Waals surface area (Å²) in [5.74, 6) is 0.774. The second kappa shape index (κ2) is 7.09. The molecule has 0 aliphatic rings. The molecule has 0 bridgehead atoms. The van der Waals surface area contributed by atoms with E-state index in [4.69, 9.17) is 9.47 Å². The largest absolute Gasteiger partial charge is 0.491 e. The van der Waals surface area contributed by atoms with E-state index in [-0.39, 0.29) is 12.7 Å². The molecule has 16 heavy (non-hydrogen) atoms. The number of rotatable bonds is 6. The first-order chi connectivity index (χ1) is 7.58. The number of benzene rings is 1. The molecule has 0 saturated heterocycles. The summed E-state index contributed by atoms with van der Waals surface area (Å²) in [6.07, 6.45) is -0.451. The fourth-order valence-corrected chi connectivity index (χ4v) is 1.62. The lowest BCUT2D eigenvalue weighted by Crippen LogP contribution is -2.25. The van der Waals surface area contributed by atoms with Gasteiger partial charge in [-0.3, -0.25) is 0 Å². The summed E-state index contributed by atoms with van der Waals surface area (Å²) >= 11 is 2.22. The molecule has 1 rings (SSSR count). The van der Waals surface area contributed by atoms with Gasteiger partial charge in [-0.2, -0.15) is 0 Å². The molecule has 3 nitrogen and oxygen atoms in total. The van der Waals surface area contributed by atoms with Gasteiger partial charge in [0.25, 0.3) is 0 Å². The van der Waals surface area contributed by atoms with Crippen LogP contribution in [0.1, 0.15) is 13.8 Å². The van der Waals surface area contributed by atoms with E-state index in [2.05, 4.69) is 22.6 Å². The summed E-state index contributed by atoms with van der Waals surface area (Å²) in [7, 11) is 0. The van der Waals surface area contributed by atoms with Gasteiger partial charge in [-0.15, -0.1) is 0 Å². The minimum atomic E-state index is -0.583. The smallest absolute Gasteiger partial charge is 0.120 e. The van der Waals surface area contributed by atoms with Crippen LogP contribution in [0.5, 0.6) is 5.75 Å². The van der Waals surface area contributed by atoms with Gasteiger partial charge >= 0.3 is 0 Å². The van der Waals surface area contributed by atoms with Gasteiger partial charge in [-0.25, -0.2) is 0 Å². The summed E-state index contributed by atoms with van der Waals surface area (Å²) in [5, 5.41) is 9.58. The zero-order chi connectivity index (χ0) is 12.0. The Morgan fingerprint density at radius 2 is 2.06 bits per heavy atom. The Hall–Kier alpha value is -0.330. The van der Waals surface area contributed by atoms with E-state index < -0.39 is 6.10 Å². The second-order valence-corrected chi connectivity index (χ2v) is 5.05. The molecule has 0 aliphatic heterocycles. The minimum Gasteiger partial charge on any atom is -0.491 e. The van der Waals surface area contributed by atoms with E-state index in [1.54, 1.807) is 0 Å². The standard InChI is InChI=1S/C12H17IO3/c1-9(2)15-7-11(14)8-16-12-5-3-4-10(13)6-12/h3-6,9,11,14H,7-8H2,1-2H3. The van der Waals surface area contributed by atoms with Crippen LogP contribution in [0.3, 0.4) is 0 Å². The number of hydrogen-bond donors (Lipinski definition) is 1. The van der Waals surface area contributed by atoms with Gasteiger partial charge in [-0.05, 0) is 54.6 Å². The molecule has 0 saturated carbocycles. The Bertz CT molecular complexity index is 315. The lowest BCUT2D eigenvalue weighted by Gasteiger charge is -2.14. The third kappa shape index (κ3) is 5.67. The number of aliphatic hydroxyl groups excluding tert-OH is 1. The van der Waals surface area contributed by atoms with Crippen molar-refractivity contribution in [1.82, 2.24) is 0 Å². The van der Waals surface area contributed by atoms with Gasteiger partial charge in [0.15, 0.2) is 0 Å². The van der Waals surface area contributed by atoms with Crippen molar-refractivity contribution in [3.8, 4) is 5.75 Å². The van der Waals surface area contributed by atoms with Crippen molar-refractivity contribution < 1.29 is 14.6 Å². The van der Waals surface area contributed by atoms with Crippen molar-refractivity contribution in [3.63, 3.8) is 0 Å². The third-order valence-electron chi connectivity index (χ3n) is 1.86. The van der Waals surface area contributed by atoms with Crippen molar-refractivity contribution >= 4 is 22.6 Å². The van der Waals surface area contributed by atoms with Crippen molar-refractivity contribution in [3.05, 3.63) is 27.8 Å². The molecule has 90 valence electrons. The molecule has 4 heteroatoms. The molecule has 1 N–H and O–H groups in total. The minimum absolute atomic E-state index is 0.132. The molecule has 0 heterocycles. The molecule has 1 aromatic carbocycles. The van der Waals surface area contributed by atoms with Crippen molar-refractivity contribution in [2.45, 2.75) is 26.1 Å². The average molecular weight is 336 g/mol. The van der Waals surface area contributed by atoms with Crippen LogP contribution in [0.2, 0.25) is 0 Å². The first-order valence-electron chi connectivity index (χ1n) is 5.26. The topological polar surface area (TPSA) is 38.7 Å². The fourth-order valence-electron chi connectivity index (χ4n) is 1.10. The molecule has 0 spiro atoms. The molecule has 0 aromatic heterocycles. The summed E-state index contributed by atoms with van der Waals surface area (Å²) in [6, 6.07) is 7.72. The quantitative estimate of drug-likeness (QED) is 0.811. The number of halogens is 1. The van der Waals surface area contributed by atoms with Gasteiger partial charge in [0.2, 0.25) is 0 Å². The Morgan fingerprint density at radius 3 is 2.69 bits per heavy atom. The Morgan fingerprint density at radius 1 is 1.31 bits per heavy atom. The maximum absolute atomic E-state index is 9.58. The van der Waals surface area contributed by atoms with Crippen LogP contribution in [0.25, 0.3) is 0 Å². The van der Waals surface area contributed by atoms with Gasteiger partial charge in [0.05, 0.1) is 12.7 Å². The van der Waals surface area contributed by atoms with Crippen LogP contribution >= 0.6 is 22.6 Å². The first-order valence-corrected chi connectivity index (χ1v) is 6.34. The SMILES string of the molecule is CC(C)OCC(O)COc1cccc(I)c1. The zero-order valence-electron chi connectivity index (χ0n) is 9.52. The summed E-state index contributed by atoms with van der Waals surface area (Å²) in [5.41, 5.74) is 0.